The Labute approximate surface area is 122 Å². The Hall–Kier alpha value is -1.92. The largest absolute Gasteiger partial charge is 0.353 e. The van der Waals surface area contributed by atoms with Gasteiger partial charge < -0.3 is 11.1 Å². The van der Waals surface area contributed by atoms with Crippen LogP contribution in [-0.4, -0.2) is 41.8 Å². The van der Waals surface area contributed by atoms with Crippen molar-refractivity contribution in [3.63, 3.8) is 0 Å². The number of hydrogen-bond donors (Lipinski definition) is 2. The smallest absolute Gasteiger partial charge is 0.261 e. The number of benzene rings is 1. The van der Waals surface area contributed by atoms with Gasteiger partial charge >= 0.3 is 0 Å². The Bertz CT molecular complexity index is 510. The summed E-state index contributed by atoms with van der Waals surface area (Å²) in [7, 11) is 0. The number of rotatable bonds is 4. The monoisotopic (exact) mass is 297 g/mol. The number of nitrogens with zero attached hydrogens (tertiary/aromatic N) is 1. The van der Waals surface area contributed by atoms with Gasteiger partial charge in [0.2, 0.25) is 5.91 Å². The number of nitrogens with two attached hydrogens (primary N) is 1. The fourth-order valence-electron chi connectivity index (χ4n) is 1.89. The van der Waals surface area contributed by atoms with Gasteiger partial charge in [0.15, 0.2) is 0 Å². The van der Waals surface area contributed by atoms with Gasteiger partial charge in [-0.1, -0.05) is 12.1 Å². The van der Waals surface area contributed by atoms with E-state index in [4.69, 9.17) is 5.73 Å². The first-order valence-electron chi connectivity index (χ1n) is 6.01. The molecule has 1 aliphatic rings. The van der Waals surface area contributed by atoms with Gasteiger partial charge in [0.1, 0.15) is 0 Å². The second-order valence-corrected chi connectivity index (χ2v) is 4.39. The lowest BCUT2D eigenvalue weighted by Gasteiger charge is -2.14. The zero-order valence-corrected chi connectivity index (χ0v) is 11.8. The predicted octanol–water partition coefficient (Wildman–Crippen LogP) is 0.168. The Morgan fingerprint density at radius 1 is 1.25 bits per heavy atom. The van der Waals surface area contributed by atoms with E-state index in [-0.39, 0.29) is 43.2 Å². The van der Waals surface area contributed by atoms with Crippen molar-refractivity contribution in [2.75, 3.05) is 13.1 Å². The van der Waals surface area contributed by atoms with Crippen molar-refractivity contribution in [1.29, 1.82) is 0 Å². The SMILES string of the molecule is C[C@@H](N)C(=O)NCCN1C(=O)c2ccccc2C1=O.Cl. The molecule has 0 aromatic heterocycles. The number of carbonyl (C=O) groups excluding carboxylic acids is 3. The van der Waals surface area contributed by atoms with Crippen molar-refractivity contribution >= 4 is 30.1 Å². The van der Waals surface area contributed by atoms with Crippen LogP contribution in [0, 0.1) is 0 Å². The normalized spacial score (nSPS) is 14.6. The average molecular weight is 298 g/mol. The van der Waals surface area contributed by atoms with Crippen LogP contribution in [-0.2, 0) is 4.79 Å². The lowest BCUT2D eigenvalue weighted by Crippen LogP contribution is -2.43. The molecule has 1 aromatic carbocycles. The minimum absolute atomic E-state index is 0. The highest BCUT2D eigenvalue weighted by atomic mass is 35.5. The molecule has 3 amide bonds. The van der Waals surface area contributed by atoms with E-state index in [9.17, 15) is 14.4 Å². The van der Waals surface area contributed by atoms with Crippen LogP contribution in [0.3, 0.4) is 0 Å². The van der Waals surface area contributed by atoms with Gasteiger partial charge in [-0.25, -0.2) is 0 Å². The van der Waals surface area contributed by atoms with Crippen molar-refractivity contribution < 1.29 is 14.4 Å². The Kier molecular flexibility index (Phi) is 5.24. The molecule has 0 spiro atoms. The molecule has 0 fully saturated rings. The fourth-order valence-corrected chi connectivity index (χ4v) is 1.89. The van der Waals surface area contributed by atoms with E-state index in [1.54, 1.807) is 31.2 Å². The molecule has 2 rings (SSSR count). The van der Waals surface area contributed by atoms with Crippen LogP contribution in [0.25, 0.3) is 0 Å². The quantitative estimate of drug-likeness (QED) is 0.775. The number of hydrogen-bond acceptors (Lipinski definition) is 4. The Morgan fingerprint density at radius 2 is 1.75 bits per heavy atom. The van der Waals surface area contributed by atoms with Crippen molar-refractivity contribution in [2.45, 2.75) is 13.0 Å². The van der Waals surface area contributed by atoms with Gasteiger partial charge in [-0.2, -0.15) is 0 Å². The van der Waals surface area contributed by atoms with Crippen LogP contribution in [0.15, 0.2) is 24.3 Å². The summed E-state index contributed by atoms with van der Waals surface area (Å²) in [5.74, 6) is -0.956. The summed E-state index contributed by atoms with van der Waals surface area (Å²) in [5, 5.41) is 2.57. The molecule has 1 aromatic rings. The van der Waals surface area contributed by atoms with Gasteiger partial charge in [0.05, 0.1) is 17.2 Å². The van der Waals surface area contributed by atoms with E-state index in [2.05, 4.69) is 5.32 Å². The lowest BCUT2D eigenvalue weighted by atomic mass is 10.1. The molecule has 0 aliphatic carbocycles. The van der Waals surface area contributed by atoms with Crippen molar-refractivity contribution in [3.05, 3.63) is 35.4 Å². The average Bonchev–Trinajstić information content (AvgIpc) is 2.64. The molecule has 0 saturated carbocycles. The zero-order chi connectivity index (χ0) is 14.0. The molecule has 1 atom stereocenters. The Balaban J connectivity index is 0.00000200. The maximum absolute atomic E-state index is 12.0. The third-order valence-corrected chi connectivity index (χ3v) is 2.93. The molecule has 6 nitrogen and oxygen atoms in total. The lowest BCUT2D eigenvalue weighted by molar-refractivity contribution is -0.122. The predicted molar refractivity (Wildman–Crippen MR) is 75.7 cm³/mol. The number of imide groups is 1. The van der Waals surface area contributed by atoms with Gasteiger partial charge in [0.25, 0.3) is 11.8 Å². The molecule has 3 N–H and O–H groups in total. The highest BCUT2D eigenvalue weighted by Crippen LogP contribution is 2.21. The number of carbonyl (C=O) groups is 3. The van der Waals surface area contributed by atoms with Crippen LogP contribution in [0.1, 0.15) is 27.6 Å². The van der Waals surface area contributed by atoms with E-state index in [1.165, 1.54) is 0 Å². The van der Waals surface area contributed by atoms with E-state index >= 15 is 0 Å². The number of fused-ring (bicyclic) bond motifs is 1. The van der Waals surface area contributed by atoms with E-state index in [0.717, 1.165) is 4.90 Å². The van der Waals surface area contributed by atoms with Crippen molar-refractivity contribution in [1.82, 2.24) is 10.2 Å². The zero-order valence-electron chi connectivity index (χ0n) is 11.0. The molecule has 0 unspecified atom stereocenters. The summed E-state index contributed by atoms with van der Waals surface area (Å²) in [6.07, 6.45) is 0. The van der Waals surface area contributed by atoms with E-state index < -0.39 is 6.04 Å². The Morgan fingerprint density at radius 3 is 2.20 bits per heavy atom. The van der Waals surface area contributed by atoms with Crippen LogP contribution in [0.5, 0.6) is 0 Å². The molecule has 7 heteroatoms. The number of halogens is 1. The third kappa shape index (κ3) is 2.97. The van der Waals surface area contributed by atoms with Crippen LogP contribution >= 0.6 is 12.4 Å². The molecule has 0 bridgehead atoms. The summed E-state index contributed by atoms with van der Waals surface area (Å²) >= 11 is 0. The maximum atomic E-state index is 12.0. The second kappa shape index (κ2) is 6.49. The van der Waals surface area contributed by atoms with E-state index in [0.29, 0.717) is 11.1 Å². The van der Waals surface area contributed by atoms with Gasteiger partial charge in [-0.3, -0.25) is 19.3 Å². The van der Waals surface area contributed by atoms with Crippen LogP contribution in [0.2, 0.25) is 0 Å². The number of nitrogens with one attached hydrogen (secondary N) is 1. The standard InChI is InChI=1S/C13H15N3O3.ClH/c1-8(14)11(17)15-6-7-16-12(18)9-4-2-3-5-10(9)13(16)19;/h2-5,8H,6-7,14H2,1H3,(H,15,17);1H/t8-;/m1./s1. The second-order valence-electron chi connectivity index (χ2n) is 4.39. The molecule has 20 heavy (non-hydrogen) atoms. The summed E-state index contributed by atoms with van der Waals surface area (Å²) in [4.78, 5) is 36.4. The topological polar surface area (TPSA) is 92.5 Å². The third-order valence-electron chi connectivity index (χ3n) is 2.93. The van der Waals surface area contributed by atoms with Gasteiger partial charge in [-0.15, -0.1) is 12.4 Å². The molecule has 0 saturated heterocycles. The minimum atomic E-state index is -0.609. The summed E-state index contributed by atoms with van der Waals surface area (Å²) < 4.78 is 0. The summed E-state index contributed by atoms with van der Waals surface area (Å²) in [5.41, 5.74) is 6.21. The van der Waals surface area contributed by atoms with Gasteiger partial charge in [0, 0.05) is 13.1 Å². The van der Waals surface area contributed by atoms with Gasteiger partial charge in [-0.05, 0) is 19.1 Å². The van der Waals surface area contributed by atoms with E-state index in [1.807, 2.05) is 0 Å². The first-order chi connectivity index (χ1) is 9.02. The first-order valence-corrected chi connectivity index (χ1v) is 6.01. The van der Waals surface area contributed by atoms with Crippen molar-refractivity contribution in [3.8, 4) is 0 Å². The summed E-state index contributed by atoms with van der Waals surface area (Å²) in [6.45, 7) is 1.91. The molecular weight excluding hydrogens is 282 g/mol. The minimum Gasteiger partial charge on any atom is -0.353 e. The maximum Gasteiger partial charge on any atom is 0.261 e. The van der Waals surface area contributed by atoms with Crippen LogP contribution < -0.4 is 11.1 Å². The molecule has 1 heterocycles. The number of amides is 3. The molecular formula is C13H16ClN3O3. The fraction of sp³-hybridized carbons (Fsp3) is 0.308. The van der Waals surface area contributed by atoms with Crippen molar-refractivity contribution in [2.24, 2.45) is 5.73 Å². The highest BCUT2D eigenvalue weighted by molar-refractivity contribution is 6.21. The first kappa shape index (κ1) is 16.1. The molecule has 1 aliphatic heterocycles. The summed E-state index contributed by atoms with van der Waals surface area (Å²) in [6, 6.07) is 6.06. The molecule has 0 radical (unpaired) electrons. The van der Waals surface area contributed by atoms with Crippen LogP contribution in [0.4, 0.5) is 0 Å². The molecule has 108 valence electrons. The highest BCUT2D eigenvalue weighted by Gasteiger charge is 2.34.